The van der Waals surface area contributed by atoms with E-state index in [1.165, 1.54) is 42.1 Å². The first kappa shape index (κ1) is 31.4. The summed E-state index contributed by atoms with van der Waals surface area (Å²) in [7, 11) is -4.40. The molecule has 0 radical (unpaired) electrons. The number of hydrogen-bond acceptors (Lipinski definition) is 6. The van der Waals surface area contributed by atoms with Crippen LogP contribution in [0.15, 0.2) is 83.8 Å². The van der Waals surface area contributed by atoms with E-state index in [0.29, 0.717) is 31.2 Å². The second-order valence-electron chi connectivity index (χ2n) is 13.4. The number of likely N-dealkylation sites (tertiary alicyclic amines) is 1. The highest BCUT2D eigenvalue weighted by Crippen LogP contribution is 2.45. The second-order valence-corrected chi connectivity index (χ2v) is 15.0. The van der Waals surface area contributed by atoms with Crippen LogP contribution in [0, 0.1) is 6.92 Å². The van der Waals surface area contributed by atoms with Gasteiger partial charge in [0.25, 0.3) is 15.9 Å². The molecule has 4 heterocycles. The third-order valence-electron chi connectivity index (χ3n) is 10.9. The number of nitrogens with one attached hydrogen (secondary N) is 1. The van der Waals surface area contributed by atoms with Crippen molar-refractivity contribution >= 4 is 33.1 Å². The number of fused-ring (bicyclic) bond motifs is 3. The normalized spacial score (nSPS) is 22.7. The van der Waals surface area contributed by atoms with E-state index in [1.807, 2.05) is 6.07 Å². The number of carbonyl (C=O) groups excluding carboxylic acids is 1. The predicted octanol–water partition coefficient (Wildman–Crippen LogP) is 5.73. The Kier molecular flexibility index (Phi) is 8.30. The molecule has 246 valence electrons. The van der Waals surface area contributed by atoms with E-state index in [2.05, 4.69) is 64.9 Å². The lowest BCUT2D eigenvalue weighted by Gasteiger charge is -2.45. The molecular formula is C36H41N5O5S. The minimum atomic E-state index is -4.40. The van der Waals surface area contributed by atoms with Gasteiger partial charge in [0.15, 0.2) is 0 Å². The predicted molar refractivity (Wildman–Crippen MR) is 179 cm³/mol. The van der Waals surface area contributed by atoms with Gasteiger partial charge in [-0.2, -0.15) is 0 Å². The van der Waals surface area contributed by atoms with Gasteiger partial charge in [-0.1, -0.05) is 54.6 Å². The lowest BCUT2D eigenvalue weighted by atomic mass is 9.70. The van der Waals surface area contributed by atoms with Gasteiger partial charge < -0.3 is 14.6 Å². The first-order chi connectivity index (χ1) is 22.6. The van der Waals surface area contributed by atoms with Gasteiger partial charge in [-0.25, -0.2) is 22.9 Å². The van der Waals surface area contributed by atoms with Crippen LogP contribution in [-0.2, 0) is 15.4 Å². The number of rotatable bonds is 8. The number of piperidine rings is 2. The Morgan fingerprint density at radius 1 is 0.894 bits per heavy atom. The van der Waals surface area contributed by atoms with Crippen LogP contribution in [-0.4, -0.2) is 76.6 Å². The highest BCUT2D eigenvalue weighted by molar-refractivity contribution is 7.90. The summed E-state index contributed by atoms with van der Waals surface area (Å²) in [6.45, 7) is 4.09. The molecule has 3 aromatic carbocycles. The zero-order chi connectivity index (χ0) is 32.8. The third-order valence-corrected chi connectivity index (χ3v) is 12.2. The van der Waals surface area contributed by atoms with Crippen molar-refractivity contribution in [2.24, 2.45) is 0 Å². The van der Waals surface area contributed by atoms with Crippen LogP contribution in [0.5, 0.6) is 0 Å². The Labute approximate surface area is 275 Å². The molecule has 3 aliphatic rings. The van der Waals surface area contributed by atoms with Gasteiger partial charge in [0.2, 0.25) is 0 Å². The minimum Gasteiger partial charge on any atom is -0.464 e. The molecule has 3 aliphatic heterocycles. The van der Waals surface area contributed by atoms with Gasteiger partial charge in [0.1, 0.15) is 10.7 Å². The number of nitrogens with zero attached hydrogens (tertiary/aromatic N) is 4. The van der Waals surface area contributed by atoms with Gasteiger partial charge >= 0.3 is 6.09 Å². The minimum absolute atomic E-state index is 0.0196. The van der Waals surface area contributed by atoms with Gasteiger partial charge in [-0.3, -0.25) is 9.69 Å². The molecule has 0 spiro atoms. The van der Waals surface area contributed by atoms with Crippen LogP contribution in [0.3, 0.4) is 0 Å². The number of para-hydroxylation sites is 2. The molecule has 1 aromatic heterocycles. The van der Waals surface area contributed by atoms with E-state index in [0.717, 1.165) is 50.0 Å². The molecule has 2 amide bonds. The Bertz CT molecular complexity index is 1890. The fraction of sp³-hybridized carbons (Fsp3) is 0.417. The average Bonchev–Trinajstić information content (AvgIpc) is 3.53. The lowest BCUT2D eigenvalue weighted by Crippen LogP contribution is -2.49. The second kappa shape index (κ2) is 12.4. The Hall–Kier alpha value is -4.22. The Morgan fingerprint density at radius 2 is 1.53 bits per heavy atom. The van der Waals surface area contributed by atoms with Gasteiger partial charge in [-0.15, -0.1) is 0 Å². The standard InChI is InChI=1S/C36H41N5O5S/c1-25-37-31-12-6-7-13-32(31)41(25)29-23-27-15-16-28(24-29)40(27)22-19-36(26-9-3-2-4-10-26)17-20-39(21-18-36)34(42)30-11-5-8-14-33(30)47(45,46)38-35(43)44/h2-14,27-29,38H,15-24H2,1H3,(H,43,44). The quantitative estimate of drug-likeness (QED) is 0.248. The number of hydrogen-bond donors (Lipinski definition) is 2. The Morgan fingerprint density at radius 3 is 2.23 bits per heavy atom. The van der Waals surface area contributed by atoms with Crippen molar-refractivity contribution in [2.45, 2.75) is 80.3 Å². The summed E-state index contributed by atoms with van der Waals surface area (Å²) < 4.78 is 29.5. The average molecular weight is 656 g/mol. The zero-order valence-corrected chi connectivity index (χ0v) is 27.4. The lowest BCUT2D eigenvalue weighted by molar-refractivity contribution is 0.0603. The van der Waals surface area contributed by atoms with E-state index < -0.39 is 22.0 Å². The highest BCUT2D eigenvalue weighted by atomic mass is 32.2. The van der Waals surface area contributed by atoms with Crippen molar-refractivity contribution in [3.63, 3.8) is 0 Å². The van der Waals surface area contributed by atoms with Gasteiger partial charge in [0, 0.05) is 31.2 Å². The molecule has 7 rings (SSSR count). The molecule has 4 aromatic rings. The molecule has 2 N–H and O–H groups in total. The van der Waals surface area contributed by atoms with Crippen LogP contribution in [0.1, 0.15) is 72.7 Å². The molecular weight excluding hydrogens is 614 g/mol. The third kappa shape index (κ3) is 5.91. The van der Waals surface area contributed by atoms with Crippen molar-refractivity contribution < 1.29 is 23.1 Å². The summed E-state index contributed by atoms with van der Waals surface area (Å²) in [5, 5.41) is 9.05. The van der Waals surface area contributed by atoms with Crippen molar-refractivity contribution in [3.8, 4) is 0 Å². The molecule has 0 aliphatic carbocycles. The molecule has 0 saturated carbocycles. The molecule has 47 heavy (non-hydrogen) atoms. The van der Waals surface area contributed by atoms with Crippen molar-refractivity contribution in [2.75, 3.05) is 19.6 Å². The number of aromatic nitrogens is 2. The number of amides is 2. The molecule has 11 heteroatoms. The number of benzene rings is 3. The number of imidazole rings is 1. The van der Waals surface area contributed by atoms with Crippen LogP contribution in [0.25, 0.3) is 11.0 Å². The van der Waals surface area contributed by atoms with Crippen molar-refractivity contribution in [1.82, 2.24) is 24.1 Å². The SMILES string of the molecule is Cc1nc2ccccc2n1C1CC2CCC(C1)N2CCC1(c2ccccc2)CCN(C(=O)c2ccccc2S(=O)(=O)NC(=O)O)CC1. The number of carbonyl (C=O) groups is 2. The summed E-state index contributed by atoms with van der Waals surface area (Å²) in [5.41, 5.74) is 3.45. The molecule has 2 bridgehead atoms. The smallest absolute Gasteiger partial charge is 0.418 e. The van der Waals surface area contributed by atoms with Crippen LogP contribution in [0.4, 0.5) is 4.79 Å². The van der Waals surface area contributed by atoms with Crippen molar-refractivity contribution in [3.05, 3.63) is 95.8 Å². The van der Waals surface area contributed by atoms with Crippen molar-refractivity contribution in [1.29, 1.82) is 0 Å². The first-order valence-electron chi connectivity index (χ1n) is 16.5. The maximum Gasteiger partial charge on any atom is 0.418 e. The van der Waals surface area contributed by atoms with E-state index in [4.69, 9.17) is 10.1 Å². The largest absolute Gasteiger partial charge is 0.464 e. The number of sulfonamides is 1. The van der Waals surface area contributed by atoms with E-state index in [1.54, 1.807) is 15.7 Å². The van der Waals surface area contributed by atoms with Gasteiger partial charge in [-0.05, 0) is 93.7 Å². The van der Waals surface area contributed by atoms with Crippen LogP contribution < -0.4 is 4.72 Å². The van der Waals surface area contributed by atoms with E-state index in [-0.39, 0.29) is 15.9 Å². The summed E-state index contributed by atoms with van der Waals surface area (Å²) in [4.78, 5) is 33.8. The van der Waals surface area contributed by atoms with Gasteiger partial charge in [0.05, 0.1) is 16.6 Å². The summed E-state index contributed by atoms with van der Waals surface area (Å²) >= 11 is 0. The van der Waals surface area contributed by atoms with Crippen LogP contribution >= 0.6 is 0 Å². The maximum atomic E-state index is 13.7. The molecule has 10 nitrogen and oxygen atoms in total. The first-order valence-corrected chi connectivity index (χ1v) is 18.0. The van der Waals surface area contributed by atoms with E-state index >= 15 is 0 Å². The fourth-order valence-corrected chi connectivity index (χ4v) is 9.66. The topological polar surface area (TPSA) is 125 Å². The highest BCUT2D eigenvalue weighted by Gasteiger charge is 2.44. The zero-order valence-electron chi connectivity index (χ0n) is 26.6. The molecule has 2 atom stereocenters. The molecule has 3 fully saturated rings. The summed E-state index contributed by atoms with van der Waals surface area (Å²) in [5.74, 6) is 0.687. The number of aryl methyl sites for hydroxylation is 1. The summed E-state index contributed by atoms with van der Waals surface area (Å²) in [6, 6.07) is 26.4. The maximum absolute atomic E-state index is 13.7. The van der Waals surface area contributed by atoms with Crippen LogP contribution in [0.2, 0.25) is 0 Å². The molecule has 3 saturated heterocycles. The monoisotopic (exact) mass is 655 g/mol. The number of carboxylic acid groups (broad SMARTS) is 1. The molecule has 2 unspecified atom stereocenters. The summed E-state index contributed by atoms with van der Waals surface area (Å²) in [6.07, 6.45) is 5.49. The van der Waals surface area contributed by atoms with E-state index in [9.17, 15) is 18.0 Å². The fourth-order valence-electron chi connectivity index (χ4n) is 8.62. The Balaban J connectivity index is 1.07.